The van der Waals surface area contributed by atoms with E-state index in [1.165, 1.54) is 23.3 Å². The molecule has 1 aromatic carbocycles. The zero-order valence-electron chi connectivity index (χ0n) is 7.57. The number of hydrogen-bond donors (Lipinski definition) is 0. The van der Waals surface area contributed by atoms with Crippen LogP contribution in [0.4, 0.5) is 4.39 Å². The van der Waals surface area contributed by atoms with Crippen LogP contribution in [0.1, 0.15) is 16.8 Å². The lowest BCUT2D eigenvalue weighted by Crippen LogP contribution is -2.26. The Morgan fingerprint density at radius 1 is 1.50 bits per heavy atom. The SMILES string of the molecule is O=C(c1cccc(F)c1)N1CCCO1. The molecular weight excluding hydrogens is 185 g/mol. The summed E-state index contributed by atoms with van der Waals surface area (Å²) in [7, 11) is 0. The number of hydroxylamine groups is 2. The molecule has 1 amide bonds. The number of amides is 1. The van der Waals surface area contributed by atoms with Crippen LogP contribution in [0, 0.1) is 5.82 Å². The first-order valence-electron chi connectivity index (χ1n) is 4.48. The first-order valence-corrected chi connectivity index (χ1v) is 4.48. The molecule has 1 fully saturated rings. The van der Waals surface area contributed by atoms with E-state index in [2.05, 4.69) is 0 Å². The molecule has 1 saturated heterocycles. The van der Waals surface area contributed by atoms with Gasteiger partial charge in [-0.1, -0.05) is 6.07 Å². The average Bonchev–Trinajstić information content (AvgIpc) is 2.69. The first kappa shape index (κ1) is 9.15. The van der Waals surface area contributed by atoms with Crippen LogP contribution in [0.25, 0.3) is 0 Å². The Labute approximate surface area is 81.0 Å². The lowest BCUT2D eigenvalue weighted by atomic mass is 10.2. The van der Waals surface area contributed by atoms with Gasteiger partial charge in [0.05, 0.1) is 13.2 Å². The molecule has 3 nitrogen and oxygen atoms in total. The minimum Gasteiger partial charge on any atom is -0.271 e. The van der Waals surface area contributed by atoms with Gasteiger partial charge in [-0.2, -0.15) is 0 Å². The van der Waals surface area contributed by atoms with Crippen molar-refractivity contribution in [2.45, 2.75) is 6.42 Å². The molecule has 0 aliphatic carbocycles. The maximum Gasteiger partial charge on any atom is 0.277 e. The van der Waals surface area contributed by atoms with Crippen molar-refractivity contribution in [2.24, 2.45) is 0 Å². The molecule has 1 heterocycles. The van der Waals surface area contributed by atoms with Gasteiger partial charge < -0.3 is 0 Å². The van der Waals surface area contributed by atoms with Gasteiger partial charge in [0.25, 0.3) is 5.91 Å². The molecule has 0 unspecified atom stereocenters. The molecule has 0 spiro atoms. The summed E-state index contributed by atoms with van der Waals surface area (Å²) >= 11 is 0. The van der Waals surface area contributed by atoms with Crippen molar-refractivity contribution in [3.8, 4) is 0 Å². The zero-order chi connectivity index (χ0) is 9.97. The van der Waals surface area contributed by atoms with E-state index in [1.807, 2.05) is 0 Å². The van der Waals surface area contributed by atoms with Crippen molar-refractivity contribution < 1.29 is 14.0 Å². The molecule has 74 valence electrons. The number of carbonyl (C=O) groups excluding carboxylic acids is 1. The van der Waals surface area contributed by atoms with Gasteiger partial charge >= 0.3 is 0 Å². The highest BCUT2D eigenvalue weighted by molar-refractivity contribution is 5.93. The molecular formula is C10H10FNO2. The van der Waals surface area contributed by atoms with Crippen molar-refractivity contribution >= 4 is 5.91 Å². The van der Waals surface area contributed by atoms with Crippen LogP contribution >= 0.6 is 0 Å². The monoisotopic (exact) mass is 195 g/mol. The Kier molecular flexibility index (Phi) is 2.45. The molecule has 0 atom stereocenters. The van der Waals surface area contributed by atoms with E-state index in [0.29, 0.717) is 18.7 Å². The summed E-state index contributed by atoms with van der Waals surface area (Å²) in [6, 6.07) is 5.61. The second kappa shape index (κ2) is 3.75. The van der Waals surface area contributed by atoms with E-state index >= 15 is 0 Å². The Hall–Kier alpha value is -1.42. The number of nitrogens with zero attached hydrogens (tertiary/aromatic N) is 1. The largest absolute Gasteiger partial charge is 0.277 e. The fourth-order valence-electron chi connectivity index (χ4n) is 1.37. The van der Waals surface area contributed by atoms with Crippen molar-refractivity contribution in [3.05, 3.63) is 35.6 Å². The number of halogens is 1. The van der Waals surface area contributed by atoms with Gasteiger partial charge in [0, 0.05) is 5.56 Å². The van der Waals surface area contributed by atoms with Gasteiger partial charge in [-0.3, -0.25) is 9.63 Å². The molecule has 14 heavy (non-hydrogen) atoms. The Morgan fingerprint density at radius 2 is 2.36 bits per heavy atom. The first-order chi connectivity index (χ1) is 6.77. The number of carbonyl (C=O) groups is 1. The predicted molar refractivity (Wildman–Crippen MR) is 48.0 cm³/mol. The molecule has 1 aliphatic heterocycles. The Balaban J connectivity index is 2.17. The van der Waals surface area contributed by atoms with Crippen LogP contribution in [-0.2, 0) is 4.84 Å². The summed E-state index contributed by atoms with van der Waals surface area (Å²) in [6.07, 6.45) is 0.834. The summed E-state index contributed by atoms with van der Waals surface area (Å²) < 4.78 is 12.8. The second-order valence-electron chi connectivity index (χ2n) is 3.10. The maximum atomic E-state index is 12.8. The molecule has 1 aromatic rings. The molecule has 0 N–H and O–H groups in total. The minimum absolute atomic E-state index is 0.276. The summed E-state index contributed by atoms with van der Waals surface area (Å²) in [6.45, 7) is 1.14. The van der Waals surface area contributed by atoms with Crippen molar-refractivity contribution in [1.82, 2.24) is 5.06 Å². The van der Waals surface area contributed by atoms with Crippen LogP contribution in [0.5, 0.6) is 0 Å². The van der Waals surface area contributed by atoms with Gasteiger partial charge in [-0.25, -0.2) is 9.45 Å². The van der Waals surface area contributed by atoms with Crippen LogP contribution in [-0.4, -0.2) is 24.1 Å². The second-order valence-corrected chi connectivity index (χ2v) is 3.10. The van der Waals surface area contributed by atoms with E-state index in [0.717, 1.165) is 6.42 Å². The molecule has 0 aromatic heterocycles. The topological polar surface area (TPSA) is 29.5 Å². The number of rotatable bonds is 1. The van der Waals surface area contributed by atoms with Crippen LogP contribution < -0.4 is 0 Å². The zero-order valence-corrected chi connectivity index (χ0v) is 7.57. The van der Waals surface area contributed by atoms with Crippen LogP contribution in [0.2, 0.25) is 0 Å². The van der Waals surface area contributed by atoms with Crippen molar-refractivity contribution in [2.75, 3.05) is 13.2 Å². The Morgan fingerprint density at radius 3 is 3.00 bits per heavy atom. The van der Waals surface area contributed by atoms with Crippen LogP contribution in [0.15, 0.2) is 24.3 Å². The molecule has 0 bridgehead atoms. The maximum absolute atomic E-state index is 12.8. The predicted octanol–water partition coefficient (Wildman–Crippen LogP) is 1.60. The van der Waals surface area contributed by atoms with E-state index in [1.54, 1.807) is 6.07 Å². The molecule has 0 saturated carbocycles. The molecule has 1 aliphatic rings. The van der Waals surface area contributed by atoms with E-state index in [-0.39, 0.29) is 5.91 Å². The van der Waals surface area contributed by atoms with E-state index in [9.17, 15) is 9.18 Å². The van der Waals surface area contributed by atoms with E-state index in [4.69, 9.17) is 4.84 Å². The van der Waals surface area contributed by atoms with Gasteiger partial charge in [-0.15, -0.1) is 0 Å². The van der Waals surface area contributed by atoms with Gasteiger partial charge in [-0.05, 0) is 24.6 Å². The van der Waals surface area contributed by atoms with Crippen LogP contribution in [0.3, 0.4) is 0 Å². The smallest absolute Gasteiger partial charge is 0.271 e. The summed E-state index contributed by atoms with van der Waals surface area (Å²) in [5.41, 5.74) is 0.326. The lowest BCUT2D eigenvalue weighted by Gasteiger charge is -2.13. The van der Waals surface area contributed by atoms with Crippen molar-refractivity contribution in [1.29, 1.82) is 0 Å². The molecule has 0 radical (unpaired) electrons. The quantitative estimate of drug-likeness (QED) is 0.681. The third-order valence-electron chi connectivity index (χ3n) is 2.05. The number of benzene rings is 1. The highest BCUT2D eigenvalue weighted by atomic mass is 19.1. The third kappa shape index (κ3) is 1.75. The number of hydrogen-bond acceptors (Lipinski definition) is 2. The molecule has 2 rings (SSSR count). The standard InChI is InChI=1S/C10H10FNO2/c11-9-4-1-3-8(7-9)10(13)12-5-2-6-14-12/h1,3-4,7H,2,5-6H2. The fourth-order valence-corrected chi connectivity index (χ4v) is 1.37. The average molecular weight is 195 g/mol. The van der Waals surface area contributed by atoms with Gasteiger partial charge in [0.2, 0.25) is 0 Å². The fraction of sp³-hybridized carbons (Fsp3) is 0.300. The normalized spacial score (nSPS) is 15.9. The van der Waals surface area contributed by atoms with E-state index < -0.39 is 5.82 Å². The highest BCUT2D eigenvalue weighted by Gasteiger charge is 2.20. The Bertz CT molecular complexity index is 348. The third-order valence-corrected chi connectivity index (χ3v) is 2.05. The summed E-state index contributed by atoms with van der Waals surface area (Å²) in [5.74, 6) is -0.683. The minimum atomic E-state index is -0.407. The lowest BCUT2D eigenvalue weighted by molar-refractivity contribution is -0.0768. The van der Waals surface area contributed by atoms with Gasteiger partial charge in [0.15, 0.2) is 0 Å². The summed E-state index contributed by atoms with van der Waals surface area (Å²) in [5, 5.41) is 1.27. The van der Waals surface area contributed by atoms with Crippen molar-refractivity contribution in [3.63, 3.8) is 0 Å². The summed E-state index contributed by atoms with van der Waals surface area (Å²) in [4.78, 5) is 16.7. The highest BCUT2D eigenvalue weighted by Crippen LogP contribution is 2.11. The molecule has 4 heteroatoms. The van der Waals surface area contributed by atoms with Gasteiger partial charge in [0.1, 0.15) is 5.82 Å².